The molecule has 0 aliphatic carbocycles. The van der Waals surface area contributed by atoms with Gasteiger partial charge in [0.2, 0.25) is 0 Å². The minimum atomic E-state index is 0.762. The van der Waals surface area contributed by atoms with Gasteiger partial charge in [0.15, 0.2) is 0 Å². The molecule has 0 radical (unpaired) electrons. The molecule has 4 heteroatoms. The molecule has 0 N–H and O–H groups in total. The van der Waals surface area contributed by atoms with Crippen molar-refractivity contribution in [2.24, 2.45) is 0 Å². The van der Waals surface area contributed by atoms with E-state index in [0.29, 0.717) is 0 Å². The largest absolute Gasteiger partial charge is 0.330 e. The highest BCUT2D eigenvalue weighted by molar-refractivity contribution is 9.10. The van der Waals surface area contributed by atoms with Crippen LogP contribution in [0.15, 0.2) is 65.4 Å². The standard InChI is InChI=1S/C17H14BrClN2/c18-15-5-1-4-14(9-15)12-21-8-7-20-17(21)11-13-3-2-6-16(19)10-13/h1-10H,11-12H2. The highest BCUT2D eigenvalue weighted by Crippen LogP contribution is 2.16. The van der Waals surface area contributed by atoms with E-state index in [1.165, 1.54) is 11.1 Å². The number of rotatable bonds is 4. The number of imidazole rings is 1. The van der Waals surface area contributed by atoms with Gasteiger partial charge >= 0.3 is 0 Å². The molecule has 0 saturated carbocycles. The van der Waals surface area contributed by atoms with E-state index in [1.54, 1.807) is 0 Å². The van der Waals surface area contributed by atoms with E-state index in [4.69, 9.17) is 11.6 Å². The summed E-state index contributed by atoms with van der Waals surface area (Å²) in [5.41, 5.74) is 2.42. The monoisotopic (exact) mass is 360 g/mol. The maximum Gasteiger partial charge on any atom is 0.113 e. The van der Waals surface area contributed by atoms with Crippen LogP contribution in [0.25, 0.3) is 0 Å². The summed E-state index contributed by atoms with van der Waals surface area (Å²) in [6.45, 7) is 0.815. The van der Waals surface area contributed by atoms with Crippen molar-refractivity contribution in [2.45, 2.75) is 13.0 Å². The van der Waals surface area contributed by atoms with E-state index in [1.807, 2.05) is 42.7 Å². The molecule has 0 amide bonds. The Morgan fingerprint density at radius 1 is 1.05 bits per heavy atom. The Morgan fingerprint density at radius 2 is 1.86 bits per heavy atom. The summed E-state index contributed by atoms with van der Waals surface area (Å²) in [6.07, 6.45) is 4.64. The summed E-state index contributed by atoms with van der Waals surface area (Å²) in [6, 6.07) is 16.2. The van der Waals surface area contributed by atoms with E-state index in [0.717, 1.165) is 28.3 Å². The van der Waals surface area contributed by atoms with E-state index in [-0.39, 0.29) is 0 Å². The molecule has 0 atom stereocenters. The lowest BCUT2D eigenvalue weighted by Crippen LogP contribution is -2.05. The third-order valence-electron chi connectivity index (χ3n) is 3.29. The van der Waals surface area contributed by atoms with Gasteiger partial charge in [-0.3, -0.25) is 0 Å². The van der Waals surface area contributed by atoms with Crippen LogP contribution in [0.2, 0.25) is 5.02 Å². The zero-order valence-corrected chi connectivity index (χ0v) is 13.7. The fourth-order valence-corrected chi connectivity index (χ4v) is 2.97. The summed E-state index contributed by atoms with van der Waals surface area (Å²) < 4.78 is 3.26. The van der Waals surface area contributed by atoms with Crippen molar-refractivity contribution in [3.63, 3.8) is 0 Å². The Bertz CT molecular complexity index is 690. The number of hydrogen-bond donors (Lipinski definition) is 0. The average molecular weight is 362 g/mol. The van der Waals surface area contributed by atoms with Gasteiger partial charge in [0, 0.05) is 34.9 Å². The summed E-state index contributed by atoms with van der Waals surface area (Å²) in [7, 11) is 0. The topological polar surface area (TPSA) is 17.8 Å². The Kier molecular flexibility index (Phi) is 4.42. The number of aromatic nitrogens is 2. The molecular weight excluding hydrogens is 348 g/mol. The third-order valence-corrected chi connectivity index (χ3v) is 4.02. The van der Waals surface area contributed by atoms with Crippen LogP contribution in [0, 0.1) is 0 Å². The van der Waals surface area contributed by atoms with Crippen molar-refractivity contribution < 1.29 is 0 Å². The molecule has 0 unspecified atom stereocenters. The third kappa shape index (κ3) is 3.74. The van der Waals surface area contributed by atoms with Crippen molar-refractivity contribution in [2.75, 3.05) is 0 Å². The van der Waals surface area contributed by atoms with Crippen molar-refractivity contribution in [1.82, 2.24) is 9.55 Å². The van der Waals surface area contributed by atoms with Crippen LogP contribution < -0.4 is 0 Å². The normalized spacial score (nSPS) is 10.8. The lowest BCUT2D eigenvalue weighted by atomic mass is 10.1. The quantitative estimate of drug-likeness (QED) is 0.643. The van der Waals surface area contributed by atoms with Crippen molar-refractivity contribution in [3.05, 3.63) is 87.4 Å². The Morgan fingerprint density at radius 3 is 2.67 bits per heavy atom. The first-order chi connectivity index (χ1) is 10.2. The van der Waals surface area contributed by atoms with Gasteiger partial charge in [-0.2, -0.15) is 0 Å². The summed E-state index contributed by atoms with van der Waals surface area (Å²) in [5.74, 6) is 1.04. The zero-order chi connectivity index (χ0) is 14.7. The molecule has 3 aromatic rings. The van der Waals surface area contributed by atoms with Gasteiger partial charge in [-0.1, -0.05) is 51.8 Å². The summed E-state index contributed by atoms with van der Waals surface area (Å²) in [4.78, 5) is 4.47. The number of benzene rings is 2. The van der Waals surface area contributed by atoms with Crippen LogP contribution in [-0.2, 0) is 13.0 Å². The van der Waals surface area contributed by atoms with Crippen LogP contribution in [-0.4, -0.2) is 9.55 Å². The van der Waals surface area contributed by atoms with Crippen LogP contribution in [0.3, 0.4) is 0 Å². The van der Waals surface area contributed by atoms with Crippen LogP contribution in [0.5, 0.6) is 0 Å². The van der Waals surface area contributed by atoms with Crippen LogP contribution >= 0.6 is 27.5 Å². The van der Waals surface area contributed by atoms with Gasteiger partial charge in [0.1, 0.15) is 5.82 Å². The van der Waals surface area contributed by atoms with E-state index >= 15 is 0 Å². The van der Waals surface area contributed by atoms with E-state index in [9.17, 15) is 0 Å². The molecule has 0 aliphatic rings. The molecule has 106 valence electrons. The second kappa shape index (κ2) is 6.46. The first-order valence-corrected chi connectivity index (χ1v) is 7.87. The molecule has 2 aromatic carbocycles. The fourth-order valence-electron chi connectivity index (χ4n) is 2.31. The molecule has 0 bridgehead atoms. The molecule has 0 spiro atoms. The minimum Gasteiger partial charge on any atom is -0.330 e. The van der Waals surface area contributed by atoms with Crippen LogP contribution in [0.4, 0.5) is 0 Å². The second-order valence-electron chi connectivity index (χ2n) is 4.91. The lowest BCUT2D eigenvalue weighted by Gasteiger charge is -2.09. The number of nitrogens with zero attached hydrogens (tertiary/aromatic N) is 2. The zero-order valence-electron chi connectivity index (χ0n) is 11.3. The molecule has 0 fully saturated rings. The highest BCUT2D eigenvalue weighted by Gasteiger charge is 2.05. The van der Waals surface area contributed by atoms with Gasteiger partial charge in [0.05, 0.1) is 0 Å². The van der Waals surface area contributed by atoms with Crippen molar-refractivity contribution in [1.29, 1.82) is 0 Å². The first kappa shape index (κ1) is 14.4. The maximum absolute atomic E-state index is 6.04. The van der Waals surface area contributed by atoms with Crippen LogP contribution in [0.1, 0.15) is 17.0 Å². The number of halogens is 2. The van der Waals surface area contributed by atoms with Gasteiger partial charge < -0.3 is 4.57 Å². The van der Waals surface area contributed by atoms with Crippen molar-refractivity contribution >= 4 is 27.5 Å². The SMILES string of the molecule is Clc1cccc(Cc2nccn2Cc2cccc(Br)c2)c1. The first-order valence-electron chi connectivity index (χ1n) is 6.69. The smallest absolute Gasteiger partial charge is 0.113 e. The average Bonchev–Trinajstić information content (AvgIpc) is 2.86. The molecule has 1 heterocycles. The Hall–Kier alpha value is -1.58. The second-order valence-corrected chi connectivity index (χ2v) is 6.26. The summed E-state index contributed by atoms with van der Waals surface area (Å²) >= 11 is 9.55. The maximum atomic E-state index is 6.04. The Balaban J connectivity index is 1.81. The Labute approximate surface area is 137 Å². The van der Waals surface area contributed by atoms with Gasteiger partial charge in [-0.05, 0) is 35.4 Å². The van der Waals surface area contributed by atoms with Gasteiger partial charge in [-0.15, -0.1) is 0 Å². The summed E-state index contributed by atoms with van der Waals surface area (Å²) in [5, 5.41) is 0.762. The molecule has 1 aromatic heterocycles. The molecule has 0 aliphatic heterocycles. The predicted octanol–water partition coefficient (Wildman–Crippen LogP) is 4.94. The van der Waals surface area contributed by atoms with Gasteiger partial charge in [-0.25, -0.2) is 4.98 Å². The molecule has 21 heavy (non-hydrogen) atoms. The molecule has 0 saturated heterocycles. The minimum absolute atomic E-state index is 0.762. The van der Waals surface area contributed by atoms with E-state index < -0.39 is 0 Å². The predicted molar refractivity (Wildman–Crippen MR) is 89.7 cm³/mol. The van der Waals surface area contributed by atoms with E-state index in [2.05, 4.69) is 43.7 Å². The molecular formula is C17H14BrClN2. The van der Waals surface area contributed by atoms with Crippen molar-refractivity contribution in [3.8, 4) is 0 Å². The number of hydrogen-bond acceptors (Lipinski definition) is 1. The fraction of sp³-hybridized carbons (Fsp3) is 0.118. The van der Waals surface area contributed by atoms with Gasteiger partial charge in [0.25, 0.3) is 0 Å². The lowest BCUT2D eigenvalue weighted by molar-refractivity contribution is 0.740. The highest BCUT2D eigenvalue weighted by atomic mass is 79.9. The molecule has 3 rings (SSSR count). The molecule has 2 nitrogen and oxygen atoms in total.